The quantitative estimate of drug-likeness (QED) is 0.922. The summed E-state index contributed by atoms with van der Waals surface area (Å²) in [6.45, 7) is 3.82. The van der Waals surface area contributed by atoms with Crippen LogP contribution in [0.5, 0.6) is 0 Å². The minimum Gasteiger partial charge on any atom is -0.385 e. The molecule has 0 amide bonds. The van der Waals surface area contributed by atoms with Crippen LogP contribution in [-0.4, -0.2) is 21.3 Å². The molecule has 0 aromatic carbocycles. The van der Waals surface area contributed by atoms with Crippen molar-refractivity contribution in [2.75, 3.05) is 11.9 Å². The van der Waals surface area contributed by atoms with E-state index in [0.717, 1.165) is 28.8 Å². The zero-order chi connectivity index (χ0) is 12.1. The maximum absolute atomic E-state index is 4.34. The molecule has 0 radical (unpaired) electrons. The predicted molar refractivity (Wildman–Crippen MR) is 72.0 cm³/mol. The zero-order valence-corrected chi connectivity index (χ0v) is 11.3. The Morgan fingerprint density at radius 2 is 2.35 bits per heavy atom. The van der Waals surface area contributed by atoms with E-state index < -0.39 is 0 Å². The fraction of sp³-hybridized carbons (Fsp3) is 0.333. The van der Waals surface area contributed by atoms with Gasteiger partial charge in [-0.25, -0.2) is 0 Å². The van der Waals surface area contributed by atoms with E-state index in [0.29, 0.717) is 6.54 Å². The van der Waals surface area contributed by atoms with E-state index in [1.165, 1.54) is 0 Å². The van der Waals surface area contributed by atoms with Crippen LogP contribution >= 0.6 is 15.9 Å². The average molecular weight is 295 g/mol. The summed E-state index contributed by atoms with van der Waals surface area (Å²) in [6, 6.07) is 4.05. The van der Waals surface area contributed by atoms with E-state index in [-0.39, 0.29) is 0 Å². The van der Waals surface area contributed by atoms with Gasteiger partial charge in [-0.2, -0.15) is 5.10 Å². The topological polar surface area (TPSA) is 42.7 Å². The number of anilines is 1. The van der Waals surface area contributed by atoms with Crippen LogP contribution in [0.2, 0.25) is 0 Å². The van der Waals surface area contributed by atoms with Crippen molar-refractivity contribution < 1.29 is 0 Å². The molecule has 4 nitrogen and oxygen atoms in total. The second kappa shape index (κ2) is 5.82. The number of hydrogen-bond donors (Lipinski definition) is 1. The number of nitrogens with zero attached hydrogens (tertiary/aromatic N) is 3. The molecule has 0 bridgehead atoms. The molecule has 1 N–H and O–H groups in total. The molecule has 0 saturated heterocycles. The molecule has 2 rings (SSSR count). The molecule has 5 heteroatoms. The highest BCUT2D eigenvalue weighted by atomic mass is 79.9. The van der Waals surface area contributed by atoms with Gasteiger partial charge in [0, 0.05) is 24.6 Å². The van der Waals surface area contributed by atoms with Gasteiger partial charge in [0.2, 0.25) is 0 Å². The average Bonchev–Trinajstić information content (AvgIpc) is 2.73. The molecule has 17 heavy (non-hydrogen) atoms. The Balaban J connectivity index is 2.05. The van der Waals surface area contributed by atoms with Crippen molar-refractivity contribution in [2.45, 2.75) is 19.9 Å². The van der Waals surface area contributed by atoms with Crippen LogP contribution in [0.3, 0.4) is 0 Å². The fourth-order valence-corrected chi connectivity index (χ4v) is 1.86. The van der Waals surface area contributed by atoms with Crippen LogP contribution in [0.15, 0.2) is 35.2 Å². The second-order valence-corrected chi connectivity index (χ2v) is 4.73. The van der Waals surface area contributed by atoms with E-state index >= 15 is 0 Å². The maximum atomic E-state index is 4.34. The van der Waals surface area contributed by atoms with E-state index in [1.807, 2.05) is 23.1 Å². The Labute approximate surface area is 109 Å². The van der Waals surface area contributed by atoms with Crippen molar-refractivity contribution >= 4 is 21.6 Å². The lowest BCUT2D eigenvalue weighted by Crippen LogP contribution is -2.04. The molecule has 0 aliphatic heterocycles. The van der Waals surface area contributed by atoms with Gasteiger partial charge in [0.05, 0.1) is 22.9 Å². The zero-order valence-electron chi connectivity index (χ0n) is 9.73. The Bertz CT molecular complexity index is 481. The Morgan fingerprint density at radius 3 is 3.06 bits per heavy atom. The number of pyridine rings is 1. The molecule has 0 fully saturated rings. The Kier molecular flexibility index (Phi) is 4.14. The van der Waals surface area contributed by atoms with Crippen molar-refractivity contribution in [3.8, 4) is 0 Å². The highest BCUT2D eigenvalue weighted by Gasteiger charge is 2.00. The van der Waals surface area contributed by atoms with Crippen molar-refractivity contribution in [3.63, 3.8) is 0 Å². The van der Waals surface area contributed by atoms with Crippen molar-refractivity contribution in [3.05, 3.63) is 40.9 Å². The molecular formula is C12H15BrN4. The second-order valence-electron chi connectivity index (χ2n) is 3.82. The third kappa shape index (κ3) is 3.56. The first kappa shape index (κ1) is 12.1. The molecular weight excluding hydrogens is 280 g/mol. The first-order valence-electron chi connectivity index (χ1n) is 5.64. The van der Waals surface area contributed by atoms with E-state index in [2.05, 4.69) is 44.3 Å². The first-order chi connectivity index (χ1) is 8.28. The van der Waals surface area contributed by atoms with Gasteiger partial charge < -0.3 is 5.32 Å². The van der Waals surface area contributed by atoms with Gasteiger partial charge in [0.15, 0.2) is 0 Å². The summed E-state index contributed by atoms with van der Waals surface area (Å²) in [5.74, 6) is 0. The fourth-order valence-electron chi connectivity index (χ4n) is 1.53. The molecule has 0 saturated carbocycles. The van der Waals surface area contributed by atoms with Crippen molar-refractivity contribution in [1.82, 2.24) is 14.8 Å². The smallest absolute Gasteiger partial charge is 0.0832 e. The van der Waals surface area contributed by atoms with E-state index in [4.69, 9.17) is 0 Å². The highest BCUT2D eigenvalue weighted by Crippen LogP contribution is 2.11. The number of hydrogen-bond acceptors (Lipinski definition) is 3. The van der Waals surface area contributed by atoms with Crippen LogP contribution in [0.4, 0.5) is 5.69 Å². The molecule has 0 unspecified atom stereocenters. The SMILES string of the molecule is CCCNc1ccnc(Cn2cc(Br)cn2)c1. The highest BCUT2D eigenvalue weighted by molar-refractivity contribution is 9.10. The summed E-state index contributed by atoms with van der Waals surface area (Å²) in [7, 11) is 0. The lowest BCUT2D eigenvalue weighted by Gasteiger charge is -2.06. The van der Waals surface area contributed by atoms with Crippen LogP contribution in [0, 0.1) is 0 Å². The lowest BCUT2D eigenvalue weighted by atomic mass is 10.3. The molecule has 90 valence electrons. The van der Waals surface area contributed by atoms with Gasteiger partial charge >= 0.3 is 0 Å². The van der Waals surface area contributed by atoms with Gasteiger partial charge in [-0.05, 0) is 34.5 Å². The summed E-state index contributed by atoms with van der Waals surface area (Å²) < 4.78 is 2.84. The van der Waals surface area contributed by atoms with Gasteiger partial charge in [-0.1, -0.05) is 6.92 Å². The summed E-state index contributed by atoms with van der Waals surface area (Å²) in [4.78, 5) is 4.34. The molecule has 0 atom stereocenters. The van der Waals surface area contributed by atoms with Gasteiger partial charge in [-0.15, -0.1) is 0 Å². The van der Waals surface area contributed by atoms with Crippen LogP contribution in [-0.2, 0) is 6.54 Å². The van der Waals surface area contributed by atoms with Gasteiger partial charge in [0.25, 0.3) is 0 Å². The third-order valence-corrected chi connectivity index (χ3v) is 2.73. The van der Waals surface area contributed by atoms with Crippen LogP contribution in [0.25, 0.3) is 0 Å². The third-order valence-electron chi connectivity index (χ3n) is 2.32. The van der Waals surface area contributed by atoms with Crippen molar-refractivity contribution in [2.24, 2.45) is 0 Å². The number of halogens is 1. The number of nitrogens with one attached hydrogen (secondary N) is 1. The van der Waals surface area contributed by atoms with E-state index in [1.54, 1.807) is 6.20 Å². The molecule has 2 aromatic rings. The number of aromatic nitrogens is 3. The lowest BCUT2D eigenvalue weighted by molar-refractivity contribution is 0.672. The summed E-state index contributed by atoms with van der Waals surface area (Å²) in [6.07, 6.45) is 6.66. The summed E-state index contributed by atoms with van der Waals surface area (Å²) in [5, 5.41) is 7.56. The molecule has 0 spiro atoms. The molecule has 0 aliphatic carbocycles. The Morgan fingerprint density at radius 1 is 1.47 bits per heavy atom. The van der Waals surface area contributed by atoms with Crippen LogP contribution in [0.1, 0.15) is 19.0 Å². The molecule has 2 aromatic heterocycles. The summed E-state index contributed by atoms with van der Waals surface area (Å²) >= 11 is 3.38. The monoisotopic (exact) mass is 294 g/mol. The van der Waals surface area contributed by atoms with Crippen molar-refractivity contribution in [1.29, 1.82) is 0 Å². The predicted octanol–water partition coefficient (Wildman–Crippen LogP) is 2.91. The maximum Gasteiger partial charge on any atom is 0.0832 e. The minimum absolute atomic E-state index is 0.688. The summed E-state index contributed by atoms with van der Waals surface area (Å²) in [5.41, 5.74) is 2.12. The van der Waals surface area contributed by atoms with Crippen LogP contribution < -0.4 is 5.32 Å². The van der Waals surface area contributed by atoms with Gasteiger partial charge in [-0.3, -0.25) is 9.67 Å². The molecule has 0 aliphatic rings. The Hall–Kier alpha value is -1.36. The largest absolute Gasteiger partial charge is 0.385 e. The number of rotatable bonds is 5. The van der Waals surface area contributed by atoms with Gasteiger partial charge in [0.1, 0.15) is 0 Å². The normalized spacial score (nSPS) is 10.5. The molecule has 2 heterocycles. The van der Waals surface area contributed by atoms with E-state index in [9.17, 15) is 0 Å². The standard InChI is InChI=1S/C12H15BrN4/c1-2-4-14-11-3-5-15-12(6-11)9-17-8-10(13)7-16-17/h3,5-8H,2,4,9H2,1H3,(H,14,15). The first-order valence-corrected chi connectivity index (χ1v) is 6.44. The minimum atomic E-state index is 0.688.